The summed E-state index contributed by atoms with van der Waals surface area (Å²) in [5.41, 5.74) is 0. The number of carboxylic acids is 1. The molecule has 1 N–H and O–H groups in total. The third-order valence-corrected chi connectivity index (χ3v) is 3.22. The minimum absolute atomic E-state index is 0.144. The molecule has 14 heavy (non-hydrogen) atoms. The first kappa shape index (κ1) is 9.83. The largest absolute Gasteiger partial charge is 0.475 e. The molecule has 2 fully saturated rings. The van der Waals surface area contributed by atoms with Crippen LogP contribution in [0.3, 0.4) is 0 Å². The second-order valence-electron chi connectivity index (χ2n) is 4.15. The number of fused-ring (bicyclic) bond motifs is 2. The molecule has 0 aromatic rings. The molecule has 2 bridgehead atoms. The molecule has 2 rings (SSSR count). The molecule has 0 spiro atoms. The van der Waals surface area contributed by atoms with Gasteiger partial charge in [-0.15, -0.1) is 0 Å². The van der Waals surface area contributed by atoms with Gasteiger partial charge in [-0.25, -0.2) is 4.79 Å². The van der Waals surface area contributed by atoms with E-state index in [0.29, 0.717) is 12.3 Å². The lowest BCUT2D eigenvalue weighted by Crippen LogP contribution is -2.37. The number of ether oxygens (including phenoxy) is 1. The fourth-order valence-electron chi connectivity index (χ4n) is 2.57. The fourth-order valence-corrected chi connectivity index (χ4v) is 2.57. The van der Waals surface area contributed by atoms with Gasteiger partial charge in [0, 0.05) is 0 Å². The Bertz CT molecular complexity index is 254. The van der Waals surface area contributed by atoms with Crippen molar-refractivity contribution < 1.29 is 23.4 Å². The maximum atomic E-state index is 12.7. The van der Waals surface area contributed by atoms with Crippen molar-refractivity contribution in [3.05, 3.63) is 0 Å². The molecule has 3 unspecified atom stereocenters. The number of hydrogen-bond donors (Lipinski definition) is 1. The molecule has 0 saturated heterocycles. The molecule has 3 atom stereocenters. The first-order valence-corrected chi connectivity index (χ1v) is 4.78. The summed E-state index contributed by atoms with van der Waals surface area (Å²) in [6, 6.07) is 0. The first-order chi connectivity index (χ1) is 6.49. The average molecular weight is 206 g/mol. The van der Waals surface area contributed by atoms with Crippen LogP contribution in [0.25, 0.3) is 0 Å². The number of aliphatic carboxylic acids is 1. The zero-order chi connectivity index (χ0) is 10.3. The summed E-state index contributed by atoms with van der Waals surface area (Å²) in [7, 11) is 0. The maximum Gasteiger partial charge on any atom is 0.456 e. The van der Waals surface area contributed by atoms with E-state index in [-0.39, 0.29) is 5.92 Å². The van der Waals surface area contributed by atoms with Crippen LogP contribution < -0.4 is 0 Å². The zero-order valence-corrected chi connectivity index (χ0v) is 7.58. The number of hydrogen-bond acceptors (Lipinski definition) is 2. The van der Waals surface area contributed by atoms with Crippen LogP contribution in [-0.4, -0.2) is 23.3 Å². The molecule has 3 nitrogen and oxygen atoms in total. The molecule has 2 aliphatic rings. The summed E-state index contributed by atoms with van der Waals surface area (Å²) in [5.74, 6) is -1.58. The van der Waals surface area contributed by atoms with Crippen LogP contribution in [-0.2, 0) is 9.53 Å². The van der Waals surface area contributed by atoms with E-state index in [9.17, 15) is 13.6 Å². The number of halogens is 2. The molecule has 2 saturated carbocycles. The predicted octanol–water partition coefficient (Wildman–Crippen LogP) is 1.87. The molecule has 80 valence electrons. The van der Waals surface area contributed by atoms with Crippen LogP contribution in [0.5, 0.6) is 0 Å². The lowest BCUT2D eigenvalue weighted by Gasteiger charge is -2.24. The highest BCUT2D eigenvalue weighted by Crippen LogP contribution is 2.47. The van der Waals surface area contributed by atoms with Crippen LogP contribution in [0.4, 0.5) is 8.78 Å². The molecule has 0 heterocycles. The summed E-state index contributed by atoms with van der Waals surface area (Å²) in [4.78, 5) is 10.1. The van der Waals surface area contributed by atoms with E-state index in [1.54, 1.807) is 0 Å². The summed E-state index contributed by atoms with van der Waals surface area (Å²) < 4.78 is 29.8. The van der Waals surface area contributed by atoms with Gasteiger partial charge in [0.2, 0.25) is 0 Å². The molecule has 0 amide bonds. The standard InChI is InChI=1S/C9H12F2O3/c10-9(11,8(12)13)14-7-4-5-1-2-6(7)3-5/h5-7H,1-4H2,(H,12,13). The van der Waals surface area contributed by atoms with Crippen molar-refractivity contribution in [2.24, 2.45) is 11.8 Å². The van der Waals surface area contributed by atoms with Crippen LogP contribution in [0, 0.1) is 11.8 Å². The Morgan fingerprint density at radius 1 is 1.36 bits per heavy atom. The molecule has 0 radical (unpaired) electrons. The SMILES string of the molecule is O=C(O)C(F)(F)OC1CC2CCC1C2. The number of alkyl halides is 2. The van der Waals surface area contributed by atoms with Crippen LogP contribution in [0.15, 0.2) is 0 Å². The van der Waals surface area contributed by atoms with Gasteiger partial charge < -0.3 is 9.84 Å². The van der Waals surface area contributed by atoms with Gasteiger partial charge in [-0.1, -0.05) is 0 Å². The normalized spacial score (nSPS) is 36.3. The van der Waals surface area contributed by atoms with E-state index in [1.165, 1.54) is 0 Å². The Morgan fingerprint density at radius 3 is 2.50 bits per heavy atom. The van der Waals surface area contributed by atoms with E-state index in [2.05, 4.69) is 4.74 Å². The van der Waals surface area contributed by atoms with Gasteiger partial charge >= 0.3 is 12.1 Å². The third kappa shape index (κ3) is 1.61. The highest BCUT2D eigenvalue weighted by atomic mass is 19.3. The smallest absolute Gasteiger partial charge is 0.456 e. The van der Waals surface area contributed by atoms with Crippen molar-refractivity contribution in [3.63, 3.8) is 0 Å². The van der Waals surface area contributed by atoms with Gasteiger partial charge in [0.15, 0.2) is 0 Å². The molecular weight excluding hydrogens is 194 g/mol. The van der Waals surface area contributed by atoms with Crippen molar-refractivity contribution >= 4 is 5.97 Å². The van der Waals surface area contributed by atoms with Gasteiger partial charge in [0.25, 0.3) is 0 Å². The minimum atomic E-state index is -4.02. The van der Waals surface area contributed by atoms with Gasteiger partial charge in [0.1, 0.15) is 0 Å². The van der Waals surface area contributed by atoms with Crippen molar-refractivity contribution in [1.82, 2.24) is 0 Å². The topological polar surface area (TPSA) is 46.5 Å². The Kier molecular flexibility index (Phi) is 2.21. The van der Waals surface area contributed by atoms with Gasteiger partial charge in [-0.2, -0.15) is 8.78 Å². The van der Waals surface area contributed by atoms with Gasteiger partial charge in [-0.3, -0.25) is 0 Å². The molecule has 0 aliphatic heterocycles. The number of rotatable bonds is 3. The number of carboxylic acid groups (broad SMARTS) is 1. The Hall–Kier alpha value is -0.710. The molecular formula is C9H12F2O3. The average Bonchev–Trinajstić information content (AvgIpc) is 2.63. The number of carbonyl (C=O) groups is 1. The molecule has 5 heteroatoms. The zero-order valence-electron chi connectivity index (χ0n) is 7.58. The first-order valence-electron chi connectivity index (χ1n) is 4.78. The van der Waals surface area contributed by atoms with E-state index in [0.717, 1.165) is 19.3 Å². The van der Waals surface area contributed by atoms with Crippen molar-refractivity contribution in [2.45, 2.75) is 37.9 Å². The summed E-state index contributed by atoms with van der Waals surface area (Å²) in [6.45, 7) is 0. The van der Waals surface area contributed by atoms with E-state index < -0.39 is 18.2 Å². The van der Waals surface area contributed by atoms with Crippen LogP contribution in [0.1, 0.15) is 25.7 Å². The summed E-state index contributed by atoms with van der Waals surface area (Å²) >= 11 is 0. The van der Waals surface area contributed by atoms with E-state index >= 15 is 0 Å². The quantitative estimate of drug-likeness (QED) is 0.766. The maximum absolute atomic E-state index is 12.7. The van der Waals surface area contributed by atoms with Crippen molar-refractivity contribution in [3.8, 4) is 0 Å². The Balaban J connectivity index is 1.95. The molecule has 0 aromatic carbocycles. The summed E-state index contributed by atoms with van der Waals surface area (Å²) in [6.07, 6.45) is -1.10. The molecule has 2 aliphatic carbocycles. The highest BCUT2D eigenvalue weighted by molar-refractivity contribution is 5.73. The van der Waals surface area contributed by atoms with Crippen molar-refractivity contribution in [1.29, 1.82) is 0 Å². The lowest BCUT2D eigenvalue weighted by atomic mass is 9.98. The van der Waals surface area contributed by atoms with Crippen molar-refractivity contribution in [2.75, 3.05) is 0 Å². The van der Waals surface area contributed by atoms with E-state index in [4.69, 9.17) is 5.11 Å². The Morgan fingerprint density at radius 2 is 2.07 bits per heavy atom. The third-order valence-electron chi connectivity index (χ3n) is 3.22. The monoisotopic (exact) mass is 206 g/mol. The Labute approximate surface area is 80.0 Å². The minimum Gasteiger partial charge on any atom is -0.475 e. The van der Waals surface area contributed by atoms with Gasteiger partial charge in [0.05, 0.1) is 6.10 Å². The predicted molar refractivity (Wildman–Crippen MR) is 42.9 cm³/mol. The second kappa shape index (κ2) is 3.15. The molecule has 0 aromatic heterocycles. The van der Waals surface area contributed by atoms with Gasteiger partial charge in [-0.05, 0) is 37.5 Å². The van der Waals surface area contributed by atoms with E-state index in [1.807, 2.05) is 0 Å². The van der Waals surface area contributed by atoms with Crippen LogP contribution in [0.2, 0.25) is 0 Å². The summed E-state index contributed by atoms with van der Waals surface area (Å²) in [5, 5.41) is 8.20. The highest BCUT2D eigenvalue weighted by Gasteiger charge is 2.49. The second-order valence-corrected chi connectivity index (χ2v) is 4.15. The fraction of sp³-hybridized carbons (Fsp3) is 0.889. The van der Waals surface area contributed by atoms with Crippen LogP contribution >= 0.6 is 0 Å². The lowest BCUT2D eigenvalue weighted by molar-refractivity contribution is -0.268.